The number of anilines is 1. The molecule has 0 unspecified atom stereocenters. The first-order valence-corrected chi connectivity index (χ1v) is 9.72. The van der Waals surface area contributed by atoms with Crippen LogP contribution in [0.2, 0.25) is 10.0 Å². The molecule has 0 saturated heterocycles. The Hall–Kier alpha value is -1.68. The second kappa shape index (κ2) is 8.81. The van der Waals surface area contributed by atoms with Gasteiger partial charge >= 0.3 is 0 Å². The maximum atomic E-state index is 6.10. The zero-order chi connectivity index (χ0) is 18.5. The topological polar surface area (TPSA) is 21.3 Å². The lowest BCUT2D eigenvalue weighted by molar-refractivity contribution is 0.303. The van der Waals surface area contributed by atoms with Crippen molar-refractivity contribution in [3.05, 3.63) is 91.9 Å². The summed E-state index contributed by atoms with van der Waals surface area (Å²) in [5, 5.41) is 4.88. The lowest BCUT2D eigenvalue weighted by Gasteiger charge is -2.15. The number of rotatable bonds is 6. The highest BCUT2D eigenvalue weighted by Gasteiger charge is 2.07. The molecular formula is C21H18BrCl2NO. The summed E-state index contributed by atoms with van der Waals surface area (Å²) < 4.78 is 7.04. The van der Waals surface area contributed by atoms with Gasteiger partial charge in [-0.05, 0) is 60.5 Å². The van der Waals surface area contributed by atoms with Gasteiger partial charge in [-0.2, -0.15) is 0 Å². The molecule has 0 spiro atoms. The lowest BCUT2D eigenvalue weighted by atomic mass is 10.1. The number of ether oxygens (including phenoxy) is 1. The van der Waals surface area contributed by atoms with Gasteiger partial charge in [0.25, 0.3) is 0 Å². The highest BCUT2D eigenvalue weighted by atomic mass is 79.9. The smallest absolute Gasteiger partial charge is 0.124 e. The number of hydrogen-bond acceptors (Lipinski definition) is 2. The molecule has 0 atom stereocenters. The number of nitrogens with one attached hydrogen (secondary N) is 1. The highest BCUT2D eigenvalue weighted by Crippen LogP contribution is 2.27. The van der Waals surface area contributed by atoms with Crippen molar-refractivity contribution in [2.75, 3.05) is 5.32 Å². The Morgan fingerprint density at radius 1 is 0.923 bits per heavy atom. The van der Waals surface area contributed by atoms with Crippen molar-refractivity contribution in [3.63, 3.8) is 0 Å². The Morgan fingerprint density at radius 3 is 2.42 bits per heavy atom. The van der Waals surface area contributed by atoms with Crippen LogP contribution in [0.3, 0.4) is 0 Å². The first-order chi connectivity index (χ1) is 12.5. The van der Waals surface area contributed by atoms with E-state index in [-0.39, 0.29) is 0 Å². The fourth-order valence-corrected chi connectivity index (χ4v) is 3.25. The Morgan fingerprint density at radius 2 is 1.65 bits per heavy atom. The van der Waals surface area contributed by atoms with Crippen LogP contribution < -0.4 is 10.1 Å². The molecule has 3 aromatic rings. The zero-order valence-corrected chi connectivity index (χ0v) is 17.3. The summed E-state index contributed by atoms with van der Waals surface area (Å²) in [5.41, 5.74) is 4.30. The quantitative estimate of drug-likeness (QED) is 0.426. The van der Waals surface area contributed by atoms with Crippen LogP contribution in [-0.2, 0) is 13.2 Å². The number of hydrogen-bond donors (Lipinski definition) is 1. The van der Waals surface area contributed by atoms with Gasteiger partial charge in [-0.15, -0.1) is 0 Å². The molecule has 0 radical (unpaired) electrons. The number of aryl methyl sites for hydroxylation is 1. The molecule has 0 aliphatic carbocycles. The van der Waals surface area contributed by atoms with E-state index in [1.165, 1.54) is 0 Å². The Labute approximate surface area is 172 Å². The van der Waals surface area contributed by atoms with Gasteiger partial charge in [0.15, 0.2) is 0 Å². The van der Waals surface area contributed by atoms with E-state index in [4.69, 9.17) is 27.9 Å². The Balaban J connectivity index is 1.73. The normalized spacial score (nSPS) is 10.6. The predicted octanol–water partition coefficient (Wildman–Crippen LogP) is 7.26. The van der Waals surface area contributed by atoms with Crippen LogP contribution in [0.4, 0.5) is 5.69 Å². The fourth-order valence-electron chi connectivity index (χ4n) is 2.54. The summed E-state index contributed by atoms with van der Waals surface area (Å²) in [6, 6.07) is 19.5. The summed E-state index contributed by atoms with van der Waals surface area (Å²) in [4.78, 5) is 0. The van der Waals surface area contributed by atoms with Crippen LogP contribution in [0.25, 0.3) is 0 Å². The third-order valence-corrected chi connectivity index (χ3v) is 4.98. The molecule has 0 aliphatic rings. The Kier molecular flexibility index (Phi) is 6.47. The van der Waals surface area contributed by atoms with Crippen molar-refractivity contribution in [2.24, 2.45) is 0 Å². The van der Waals surface area contributed by atoms with Gasteiger partial charge in [0.2, 0.25) is 0 Å². The van der Waals surface area contributed by atoms with Crippen molar-refractivity contribution >= 4 is 44.8 Å². The number of benzene rings is 3. The molecule has 0 aliphatic heterocycles. The second-order valence-corrected chi connectivity index (χ2v) is 7.77. The van der Waals surface area contributed by atoms with Gasteiger partial charge in [-0.1, -0.05) is 57.3 Å². The molecular weight excluding hydrogens is 433 g/mol. The van der Waals surface area contributed by atoms with E-state index in [1.807, 2.05) is 54.6 Å². The molecule has 0 amide bonds. The van der Waals surface area contributed by atoms with E-state index in [0.29, 0.717) is 18.2 Å². The molecule has 5 heteroatoms. The standard InChI is InChI=1S/C21H18BrCl2NO/c1-14-2-6-19(24)11-20(14)25-12-16-10-17(22)5-9-21(16)26-13-15-3-7-18(23)8-4-15/h2-11,25H,12-13H2,1H3. The summed E-state index contributed by atoms with van der Waals surface area (Å²) in [5.74, 6) is 0.843. The summed E-state index contributed by atoms with van der Waals surface area (Å²) in [6.07, 6.45) is 0. The third kappa shape index (κ3) is 5.16. The van der Waals surface area contributed by atoms with Gasteiger partial charge in [-0.25, -0.2) is 0 Å². The molecule has 26 heavy (non-hydrogen) atoms. The van der Waals surface area contributed by atoms with E-state index in [1.54, 1.807) is 0 Å². The zero-order valence-electron chi connectivity index (χ0n) is 14.2. The predicted molar refractivity (Wildman–Crippen MR) is 113 cm³/mol. The fraction of sp³-hybridized carbons (Fsp3) is 0.143. The van der Waals surface area contributed by atoms with Gasteiger partial charge in [0.1, 0.15) is 12.4 Å². The molecule has 0 heterocycles. The van der Waals surface area contributed by atoms with Crippen molar-refractivity contribution in [1.82, 2.24) is 0 Å². The molecule has 1 N–H and O–H groups in total. The van der Waals surface area contributed by atoms with E-state index in [2.05, 4.69) is 34.2 Å². The van der Waals surface area contributed by atoms with Gasteiger partial charge in [-0.3, -0.25) is 0 Å². The third-order valence-electron chi connectivity index (χ3n) is 4.00. The summed E-state index contributed by atoms with van der Waals surface area (Å²) in [6.45, 7) is 3.18. The largest absolute Gasteiger partial charge is 0.489 e. The first kappa shape index (κ1) is 19.1. The molecule has 3 rings (SSSR count). The lowest BCUT2D eigenvalue weighted by Crippen LogP contribution is -2.05. The molecule has 3 aromatic carbocycles. The van der Waals surface area contributed by atoms with E-state index < -0.39 is 0 Å². The minimum Gasteiger partial charge on any atom is -0.489 e. The van der Waals surface area contributed by atoms with Crippen molar-refractivity contribution < 1.29 is 4.74 Å². The van der Waals surface area contributed by atoms with E-state index in [9.17, 15) is 0 Å². The van der Waals surface area contributed by atoms with Crippen LogP contribution in [0.1, 0.15) is 16.7 Å². The van der Waals surface area contributed by atoms with Crippen molar-refractivity contribution in [2.45, 2.75) is 20.1 Å². The van der Waals surface area contributed by atoms with Gasteiger partial charge in [0.05, 0.1) is 0 Å². The molecule has 2 nitrogen and oxygen atoms in total. The average Bonchev–Trinajstić information content (AvgIpc) is 2.63. The Bertz CT molecular complexity index is 897. The van der Waals surface area contributed by atoms with Crippen LogP contribution in [0.5, 0.6) is 5.75 Å². The van der Waals surface area contributed by atoms with Crippen LogP contribution in [0, 0.1) is 6.92 Å². The monoisotopic (exact) mass is 449 g/mol. The molecule has 134 valence electrons. The van der Waals surface area contributed by atoms with Crippen molar-refractivity contribution in [3.8, 4) is 5.75 Å². The van der Waals surface area contributed by atoms with Crippen LogP contribution in [0.15, 0.2) is 65.1 Å². The molecule has 0 bridgehead atoms. The van der Waals surface area contributed by atoms with E-state index in [0.717, 1.165) is 37.6 Å². The molecule has 0 aromatic heterocycles. The van der Waals surface area contributed by atoms with E-state index >= 15 is 0 Å². The maximum Gasteiger partial charge on any atom is 0.124 e. The van der Waals surface area contributed by atoms with Crippen molar-refractivity contribution in [1.29, 1.82) is 0 Å². The summed E-state index contributed by atoms with van der Waals surface area (Å²) >= 11 is 15.6. The summed E-state index contributed by atoms with van der Waals surface area (Å²) in [7, 11) is 0. The average molecular weight is 451 g/mol. The van der Waals surface area contributed by atoms with Gasteiger partial charge in [0, 0.05) is 32.3 Å². The molecule has 0 saturated carbocycles. The first-order valence-electron chi connectivity index (χ1n) is 8.17. The van der Waals surface area contributed by atoms with Crippen LogP contribution in [-0.4, -0.2) is 0 Å². The molecule has 0 fully saturated rings. The maximum absolute atomic E-state index is 6.10. The van der Waals surface area contributed by atoms with Crippen LogP contribution >= 0.6 is 39.1 Å². The number of halogens is 3. The SMILES string of the molecule is Cc1ccc(Cl)cc1NCc1cc(Br)ccc1OCc1ccc(Cl)cc1. The highest BCUT2D eigenvalue weighted by molar-refractivity contribution is 9.10. The minimum absolute atomic E-state index is 0.488. The minimum atomic E-state index is 0.488. The second-order valence-electron chi connectivity index (χ2n) is 5.98. The van der Waals surface area contributed by atoms with Gasteiger partial charge < -0.3 is 10.1 Å².